The molecule has 0 amide bonds. The van der Waals surface area contributed by atoms with Gasteiger partial charge in [-0.05, 0) is 51.8 Å². The van der Waals surface area contributed by atoms with E-state index in [1.165, 1.54) is 19.9 Å². The number of rotatable bonds is 5. The molecule has 0 saturated heterocycles. The van der Waals surface area contributed by atoms with Crippen molar-refractivity contribution in [1.29, 1.82) is 0 Å². The van der Waals surface area contributed by atoms with Crippen molar-refractivity contribution in [3.8, 4) is 17.2 Å². The highest BCUT2D eigenvalue weighted by molar-refractivity contribution is 6.31. The van der Waals surface area contributed by atoms with E-state index in [1.54, 1.807) is 13.8 Å². The molecular formula is C29H29N3O6. The Morgan fingerprint density at radius 1 is 1.18 bits per heavy atom. The molecule has 0 fully saturated rings. The summed E-state index contributed by atoms with van der Waals surface area (Å²) in [6.45, 7) is 10.1. The van der Waals surface area contributed by atoms with Crippen LogP contribution in [0.3, 0.4) is 0 Å². The normalized spacial score (nSPS) is 19.8. The topological polar surface area (TPSA) is 142 Å². The number of carbonyl (C=O) groups is 3. The van der Waals surface area contributed by atoms with Crippen LogP contribution in [-0.4, -0.2) is 37.5 Å². The average molecular weight is 516 g/mol. The lowest BCUT2D eigenvalue weighted by Crippen LogP contribution is -2.40. The molecule has 0 radical (unpaired) electrons. The molecule has 5 rings (SSSR count). The molecular weight excluding hydrogens is 486 g/mol. The Hall–Kier alpha value is -4.40. The van der Waals surface area contributed by atoms with Crippen LogP contribution in [-0.2, 0) is 21.4 Å². The molecule has 2 aromatic carbocycles. The van der Waals surface area contributed by atoms with Gasteiger partial charge in [0.2, 0.25) is 0 Å². The number of imidazole rings is 1. The molecule has 1 atom stereocenters. The maximum atomic E-state index is 14.0. The molecule has 2 aliphatic rings. The van der Waals surface area contributed by atoms with Gasteiger partial charge in [0.25, 0.3) is 0 Å². The number of phenols is 2. The highest BCUT2D eigenvalue weighted by atomic mass is 16.5. The third-order valence-electron chi connectivity index (χ3n) is 7.22. The summed E-state index contributed by atoms with van der Waals surface area (Å²) in [4.78, 5) is 47.4. The first-order chi connectivity index (χ1) is 17.8. The lowest BCUT2D eigenvalue weighted by molar-refractivity contribution is -0.123. The first-order valence-electron chi connectivity index (χ1n) is 12.4. The minimum atomic E-state index is -1.56. The maximum Gasteiger partial charge on any atom is 0.194 e. The van der Waals surface area contributed by atoms with Crippen molar-refractivity contribution in [3.63, 3.8) is 0 Å². The van der Waals surface area contributed by atoms with Gasteiger partial charge in [0.05, 0.1) is 22.2 Å². The number of aromatic nitrogens is 2. The number of aromatic hydroxyl groups is 2. The predicted octanol–water partition coefficient (Wildman–Crippen LogP) is 4.76. The Morgan fingerprint density at radius 2 is 1.89 bits per heavy atom. The summed E-state index contributed by atoms with van der Waals surface area (Å²) < 4.78 is 5.81. The highest BCUT2D eigenvalue weighted by Gasteiger charge is 2.56. The number of ketones is 3. The van der Waals surface area contributed by atoms with Gasteiger partial charge in [0.1, 0.15) is 39.8 Å². The van der Waals surface area contributed by atoms with Crippen LogP contribution in [0.15, 0.2) is 41.3 Å². The molecule has 38 heavy (non-hydrogen) atoms. The van der Waals surface area contributed by atoms with Crippen LogP contribution in [0.5, 0.6) is 17.2 Å². The van der Waals surface area contributed by atoms with E-state index >= 15 is 0 Å². The summed E-state index contributed by atoms with van der Waals surface area (Å²) in [5.41, 5.74) is 0.947. The summed E-state index contributed by atoms with van der Waals surface area (Å²) in [5, 5.41) is 24.6. The Bertz CT molecular complexity index is 1640. The van der Waals surface area contributed by atoms with Crippen LogP contribution in [0.2, 0.25) is 0 Å². The number of carbonyl (C=O) groups excluding carboxylic acids is 3. The molecule has 0 bridgehead atoms. The van der Waals surface area contributed by atoms with Crippen LogP contribution in [0.1, 0.15) is 61.9 Å². The number of phenolic OH excluding ortho intramolecular Hbond substituents is 2. The number of ether oxygens (including phenoxy) is 1. The zero-order valence-corrected chi connectivity index (χ0v) is 22.1. The predicted molar refractivity (Wildman–Crippen MR) is 142 cm³/mol. The number of H-pyrrole nitrogens is 1. The van der Waals surface area contributed by atoms with Crippen molar-refractivity contribution in [1.82, 2.24) is 9.97 Å². The quantitative estimate of drug-likeness (QED) is 0.217. The molecule has 9 heteroatoms. The zero-order chi connectivity index (χ0) is 27.7. The molecule has 1 aliphatic heterocycles. The number of nitrogens with zero attached hydrogens (tertiary/aromatic N) is 1. The Labute approximate surface area is 219 Å². The summed E-state index contributed by atoms with van der Waals surface area (Å²) >= 11 is 0. The summed E-state index contributed by atoms with van der Waals surface area (Å²) in [6.07, 6.45) is 2.02. The molecule has 0 unspecified atom stereocenters. The van der Waals surface area contributed by atoms with E-state index in [0.29, 0.717) is 17.3 Å². The van der Waals surface area contributed by atoms with E-state index in [9.17, 15) is 24.6 Å². The van der Waals surface area contributed by atoms with E-state index < -0.39 is 28.5 Å². The Morgan fingerprint density at radius 3 is 2.55 bits per heavy atom. The molecule has 3 aromatic rings. The van der Waals surface area contributed by atoms with Crippen molar-refractivity contribution in [2.75, 3.05) is 5.32 Å². The zero-order valence-electron chi connectivity index (χ0n) is 22.1. The van der Waals surface area contributed by atoms with E-state index in [1.807, 2.05) is 18.2 Å². The number of allylic oxidation sites excluding steroid dienone is 4. The van der Waals surface area contributed by atoms with Crippen LogP contribution in [0.25, 0.3) is 11.0 Å². The monoisotopic (exact) mass is 515 g/mol. The van der Waals surface area contributed by atoms with Crippen LogP contribution in [0, 0.1) is 12.8 Å². The first kappa shape index (κ1) is 25.3. The van der Waals surface area contributed by atoms with Gasteiger partial charge in [-0.25, -0.2) is 4.98 Å². The number of hydrogen-bond donors (Lipinski definition) is 4. The second kappa shape index (κ2) is 8.58. The molecule has 9 nitrogen and oxygen atoms in total. The molecule has 0 spiro atoms. The third kappa shape index (κ3) is 3.60. The van der Waals surface area contributed by atoms with Crippen molar-refractivity contribution in [2.24, 2.45) is 5.92 Å². The number of fused-ring (bicyclic) bond motifs is 4. The minimum absolute atomic E-state index is 0.00147. The van der Waals surface area contributed by atoms with Crippen molar-refractivity contribution >= 4 is 34.1 Å². The largest absolute Gasteiger partial charge is 0.507 e. The number of benzene rings is 2. The molecule has 2 heterocycles. The lowest BCUT2D eigenvalue weighted by atomic mass is 9.70. The highest BCUT2D eigenvalue weighted by Crippen LogP contribution is 2.57. The molecule has 1 aliphatic carbocycles. The SMILES string of the molecule is CC(=O)c1c(O)c(C)c(O)c2c1OC1=CC(=O)/C(=C(/C)Nc3ccc4nc(CC(C)C)[nH]c4c3)C(=O)[C@@]12C. The van der Waals surface area contributed by atoms with Gasteiger partial charge in [-0.2, -0.15) is 0 Å². The molecule has 0 saturated carbocycles. The summed E-state index contributed by atoms with van der Waals surface area (Å²) in [5.74, 6) is -1.20. The van der Waals surface area contributed by atoms with Gasteiger partial charge >= 0.3 is 0 Å². The summed E-state index contributed by atoms with van der Waals surface area (Å²) in [6, 6.07) is 5.54. The number of anilines is 1. The fourth-order valence-corrected chi connectivity index (χ4v) is 5.27. The van der Waals surface area contributed by atoms with Crippen molar-refractivity contribution in [3.05, 3.63) is 63.8 Å². The van der Waals surface area contributed by atoms with Crippen LogP contribution < -0.4 is 10.1 Å². The average Bonchev–Trinajstić information content (AvgIpc) is 3.35. The van der Waals surface area contributed by atoms with E-state index in [2.05, 4.69) is 29.1 Å². The van der Waals surface area contributed by atoms with Crippen molar-refractivity contribution in [2.45, 2.75) is 53.4 Å². The Kier molecular flexibility index (Phi) is 5.70. The summed E-state index contributed by atoms with van der Waals surface area (Å²) in [7, 11) is 0. The van der Waals surface area contributed by atoms with Crippen LogP contribution >= 0.6 is 0 Å². The first-order valence-corrected chi connectivity index (χ1v) is 12.4. The van der Waals surface area contributed by atoms with E-state index in [0.717, 1.165) is 23.3 Å². The van der Waals surface area contributed by atoms with Gasteiger partial charge < -0.3 is 25.3 Å². The van der Waals surface area contributed by atoms with E-state index in [4.69, 9.17) is 4.74 Å². The molecule has 196 valence electrons. The minimum Gasteiger partial charge on any atom is -0.507 e. The smallest absolute Gasteiger partial charge is 0.194 e. The fraction of sp³-hybridized carbons (Fsp3) is 0.310. The van der Waals surface area contributed by atoms with Crippen molar-refractivity contribution < 1.29 is 29.3 Å². The number of nitrogens with one attached hydrogen (secondary N) is 2. The van der Waals surface area contributed by atoms with Crippen LogP contribution in [0.4, 0.5) is 5.69 Å². The van der Waals surface area contributed by atoms with Gasteiger partial charge in [-0.3, -0.25) is 14.4 Å². The second-order valence-corrected chi connectivity index (χ2v) is 10.5. The third-order valence-corrected chi connectivity index (χ3v) is 7.22. The van der Waals surface area contributed by atoms with E-state index in [-0.39, 0.29) is 39.5 Å². The fourth-order valence-electron chi connectivity index (χ4n) is 5.27. The second-order valence-electron chi connectivity index (χ2n) is 10.5. The van der Waals surface area contributed by atoms with Gasteiger partial charge in [0, 0.05) is 29.4 Å². The Balaban J connectivity index is 1.58. The van der Waals surface area contributed by atoms with Gasteiger partial charge in [-0.1, -0.05) is 13.8 Å². The molecule has 4 N–H and O–H groups in total. The van der Waals surface area contributed by atoms with Gasteiger partial charge in [-0.15, -0.1) is 0 Å². The number of hydrogen-bond acceptors (Lipinski definition) is 8. The lowest BCUT2D eigenvalue weighted by Gasteiger charge is -2.29. The number of Topliss-reactive ketones (excluding diaryl/α,β-unsaturated/α-hetero) is 2. The standard InChI is InChI=1S/C29H29N3O6/c1-12(2)9-21-31-17-8-7-16(10-18(17)32-21)30-14(4)22-19(34)11-20-29(6,28(22)37)24-26(36)13(3)25(35)23(15(5)33)27(24)38-20/h7-8,10-12,30,35-36H,9H2,1-6H3,(H,31,32)/b22-14+/t29-/m0/s1. The maximum absolute atomic E-state index is 14.0. The number of aromatic amines is 1. The van der Waals surface area contributed by atoms with Gasteiger partial charge in [0.15, 0.2) is 17.3 Å². The molecule has 1 aromatic heterocycles.